The van der Waals surface area contributed by atoms with Crippen LogP contribution in [0.4, 0.5) is 10.6 Å². The zero-order valence-electron chi connectivity index (χ0n) is 7.76. The Kier molecular flexibility index (Phi) is 3.31. The minimum absolute atomic E-state index is 0.251. The van der Waals surface area contributed by atoms with E-state index in [2.05, 4.69) is 20.3 Å². The van der Waals surface area contributed by atoms with E-state index in [1.54, 1.807) is 0 Å². The number of carbonyl (C=O) groups is 1. The monoisotopic (exact) mass is 183 g/mol. The van der Waals surface area contributed by atoms with Gasteiger partial charge in [0.05, 0.1) is 0 Å². The van der Waals surface area contributed by atoms with Gasteiger partial charge in [-0.05, 0) is 13.3 Å². The Labute approximate surface area is 76.5 Å². The zero-order valence-corrected chi connectivity index (χ0v) is 7.76. The Morgan fingerprint density at radius 3 is 3.00 bits per heavy atom. The van der Waals surface area contributed by atoms with Crippen molar-refractivity contribution in [2.24, 2.45) is 0 Å². The maximum atomic E-state index is 11.1. The van der Waals surface area contributed by atoms with Crippen molar-refractivity contribution in [3.63, 3.8) is 0 Å². The number of carbonyl (C=O) groups excluding carboxylic acids is 1. The Bertz CT molecular complexity index is 283. The molecule has 1 aromatic heterocycles. The number of amides is 2. The van der Waals surface area contributed by atoms with Crippen LogP contribution >= 0.6 is 0 Å². The molecule has 0 bridgehead atoms. The highest BCUT2D eigenvalue weighted by atomic mass is 16.5. The highest BCUT2D eigenvalue weighted by molar-refractivity contribution is 5.88. The van der Waals surface area contributed by atoms with E-state index >= 15 is 0 Å². The average Bonchev–Trinajstić information content (AvgIpc) is 2.48. The molecule has 72 valence electrons. The first-order chi connectivity index (χ1) is 6.24. The summed E-state index contributed by atoms with van der Waals surface area (Å²) in [6.07, 6.45) is 2.39. The number of aryl methyl sites for hydroxylation is 1. The second-order valence-electron chi connectivity index (χ2n) is 2.73. The predicted molar refractivity (Wildman–Crippen MR) is 48.6 cm³/mol. The molecule has 0 unspecified atom stereocenters. The van der Waals surface area contributed by atoms with Gasteiger partial charge in [0.2, 0.25) is 0 Å². The SMILES string of the molecule is CCCNC(=O)Nc1nocc1C. The van der Waals surface area contributed by atoms with E-state index in [4.69, 9.17) is 0 Å². The summed E-state index contributed by atoms with van der Waals surface area (Å²) in [7, 11) is 0. The van der Waals surface area contributed by atoms with Gasteiger partial charge in [-0.25, -0.2) is 4.79 Å². The molecule has 0 saturated heterocycles. The molecule has 1 heterocycles. The molecule has 1 rings (SSSR count). The van der Waals surface area contributed by atoms with Crippen LogP contribution < -0.4 is 10.6 Å². The standard InChI is InChI=1S/C8H13N3O2/c1-3-4-9-8(12)10-7-6(2)5-13-11-7/h5H,3-4H2,1-2H3,(H2,9,10,11,12). The lowest BCUT2D eigenvalue weighted by atomic mass is 10.4. The average molecular weight is 183 g/mol. The van der Waals surface area contributed by atoms with Gasteiger partial charge in [0.1, 0.15) is 6.26 Å². The first kappa shape index (κ1) is 9.57. The van der Waals surface area contributed by atoms with E-state index in [1.807, 2.05) is 13.8 Å². The highest BCUT2D eigenvalue weighted by Crippen LogP contribution is 2.09. The normalized spacial score (nSPS) is 9.69. The molecule has 0 fully saturated rings. The third kappa shape index (κ3) is 2.77. The van der Waals surface area contributed by atoms with Gasteiger partial charge in [-0.3, -0.25) is 5.32 Å². The number of hydrogen-bond acceptors (Lipinski definition) is 3. The quantitative estimate of drug-likeness (QED) is 0.746. The smallest absolute Gasteiger partial charge is 0.320 e. The maximum Gasteiger partial charge on any atom is 0.320 e. The summed E-state index contributed by atoms with van der Waals surface area (Å²) >= 11 is 0. The summed E-state index contributed by atoms with van der Waals surface area (Å²) in [6.45, 7) is 4.45. The number of urea groups is 1. The molecule has 0 spiro atoms. The molecule has 2 amide bonds. The minimum Gasteiger partial charge on any atom is -0.362 e. The summed E-state index contributed by atoms with van der Waals surface area (Å²) in [5, 5.41) is 8.85. The van der Waals surface area contributed by atoms with Crippen LogP contribution in [0.3, 0.4) is 0 Å². The van der Waals surface area contributed by atoms with Crippen LogP contribution in [-0.2, 0) is 0 Å². The fraction of sp³-hybridized carbons (Fsp3) is 0.500. The van der Waals surface area contributed by atoms with E-state index < -0.39 is 0 Å². The summed E-state index contributed by atoms with van der Waals surface area (Å²) in [6, 6.07) is -0.251. The molecular weight excluding hydrogens is 170 g/mol. The van der Waals surface area contributed by atoms with E-state index in [-0.39, 0.29) is 6.03 Å². The lowest BCUT2D eigenvalue weighted by Gasteiger charge is -2.03. The first-order valence-electron chi connectivity index (χ1n) is 4.20. The largest absolute Gasteiger partial charge is 0.362 e. The van der Waals surface area contributed by atoms with Gasteiger partial charge in [-0.2, -0.15) is 0 Å². The first-order valence-corrected chi connectivity index (χ1v) is 4.20. The summed E-state index contributed by atoms with van der Waals surface area (Å²) < 4.78 is 4.66. The Morgan fingerprint density at radius 1 is 1.69 bits per heavy atom. The molecule has 0 radical (unpaired) electrons. The summed E-state index contributed by atoms with van der Waals surface area (Å²) in [5.41, 5.74) is 0.812. The third-order valence-electron chi connectivity index (χ3n) is 1.51. The molecule has 0 aromatic carbocycles. The lowest BCUT2D eigenvalue weighted by molar-refractivity contribution is 0.252. The predicted octanol–water partition coefficient (Wildman–Crippen LogP) is 1.51. The molecule has 13 heavy (non-hydrogen) atoms. The topological polar surface area (TPSA) is 67.2 Å². The van der Waals surface area contributed by atoms with Gasteiger partial charge in [-0.15, -0.1) is 0 Å². The van der Waals surface area contributed by atoms with E-state index in [1.165, 1.54) is 6.26 Å². The Balaban J connectivity index is 2.41. The van der Waals surface area contributed by atoms with Crippen molar-refractivity contribution < 1.29 is 9.32 Å². The maximum absolute atomic E-state index is 11.1. The summed E-state index contributed by atoms with van der Waals surface area (Å²) in [5.74, 6) is 0.466. The summed E-state index contributed by atoms with van der Waals surface area (Å²) in [4.78, 5) is 11.1. The Hall–Kier alpha value is -1.52. The number of nitrogens with one attached hydrogen (secondary N) is 2. The molecule has 0 aliphatic rings. The molecule has 0 aliphatic carbocycles. The van der Waals surface area contributed by atoms with E-state index in [9.17, 15) is 4.79 Å². The number of anilines is 1. The van der Waals surface area contributed by atoms with Crippen molar-refractivity contribution in [2.75, 3.05) is 11.9 Å². The highest BCUT2D eigenvalue weighted by Gasteiger charge is 2.06. The number of nitrogens with zero attached hydrogens (tertiary/aromatic N) is 1. The molecule has 1 aromatic rings. The molecule has 0 saturated carbocycles. The van der Waals surface area contributed by atoms with Crippen molar-refractivity contribution in [1.29, 1.82) is 0 Å². The van der Waals surface area contributed by atoms with Crippen LogP contribution in [0.15, 0.2) is 10.8 Å². The third-order valence-corrected chi connectivity index (χ3v) is 1.51. The molecule has 2 N–H and O–H groups in total. The fourth-order valence-corrected chi connectivity index (χ4v) is 0.798. The van der Waals surface area contributed by atoms with Crippen molar-refractivity contribution in [2.45, 2.75) is 20.3 Å². The molecule has 0 aliphatic heterocycles. The molecular formula is C8H13N3O2. The number of rotatable bonds is 3. The van der Waals surface area contributed by atoms with E-state index in [0.29, 0.717) is 12.4 Å². The van der Waals surface area contributed by atoms with Crippen molar-refractivity contribution in [3.05, 3.63) is 11.8 Å². The van der Waals surface area contributed by atoms with Gasteiger partial charge in [0.25, 0.3) is 0 Å². The van der Waals surface area contributed by atoms with E-state index in [0.717, 1.165) is 12.0 Å². The van der Waals surface area contributed by atoms with Gasteiger partial charge < -0.3 is 9.84 Å². The van der Waals surface area contributed by atoms with Gasteiger partial charge in [0, 0.05) is 12.1 Å². The van der Waals surface area contributed by atoms with Crippen LogP contribution in [0.2, 0.25) is 0 Å². The molecule has 5 nitrogen and oxygen atoms in total. The van der Waals surface area contributed by atoms with Crippen molar-refractivity contribution >= 4 is 11.8 Å². The molecule has 5 heteroatoms. The number of hydrogen-bond donors (Lipinski definition) is 2. The fourth-order valence-electron chi connectivity index (χ4n) is 0.798. The van der Waals surface area contributed by atoms with Gasteiger partial charge >= 0.3 is 6.03 Å². The second-order valence-corrected chi connectivity index (χ2v) is 2.73. The van der Waals surface area contributed by atoms with Crippen molar-refractivity contribution in [1.82, 2.24) is 10.5 Å². The lowest BCUT2D eigenvalue weighted by Crippen LogP contribution is -2.29. The van der Waals surface area contributed by atoms with Crippen LogP contribution in [0.1, 0.15) is 18.9 Å². The second kappa shape index (κ2) is 4.49. The van der Waals surface area contributed by atoms with Gasteiger partial charge in [0.15, 0.2) is 5.82 Å². The molecule has 0 atom stereocenters. The minimum atomic E-state index is -0.251. The van der Waals surface area contributed by atoms with Crippen LogP contribution in [0.25, 0.3) is 0 Å². The Morgan fingerprint density at radius 2 is 2.46 bits per heavy atom. The van der Waals surface area contributed by atoms with Gasteiger partial charge in [-0.1, -0.05) is 12.1 Å². The van der Waals surface area contributed by atoms with Crippen LogP contribution in [0, 0.1) is 6.92 Å². The number of aromatic nitrogens is 1. The van der Waals surface area contributed by atoms with Crippen LogP contribution in [-0.4, -0.2) is 17.7 Å². The van der Waals surface area contributed by atoms with Crippen LogP contribution in [0.5, 0.6) is 0 Å². The zero-order chi connectivity index (χ0) is 9.68. The van der Waals surface area contributed by atoms with Crippen molar-refractivity contribution in [3.8, 4) is 0 Å².